The number of aromatic nitrogens is 2. The molecule has 3 heterocycles. The highest BCUT2D eigenvalue weighted by Crippen LogP contribution is 2.45. The van der Waals surface area contributed by atoms with Crippen LogP contribution in [0.1, 0.15) is 25.0 Å². The van der Waals surface area contributed by atoms with Gasteiger partial charge in [-0.05, 0) is 44.5 Å². The molecule has 108 valence electrons. The first-order chi connectivity index (χ1) is 10.3. The average molecular weight is 300 g/mol. The van der Waals surface area contributed by atoms with Gasteiger partial charge in [0.1, 0.15) is 0 Å². The second kappa shape index (κ2) is 5.08. The predicted molar refractivity (Wildman–Crippen MR) is 84.4 cm³/mol. The smallest absolute Gasteiger partial charge is 0.0784 e. The Morgan fingerprint density at radius 3 is 2.86 bits per heavy atom. The van der Waals surface area contributed by atoms with E-state index >= 15 is 0 Å². The quantitative estimate of drug-likeness (QED) is 0.849. The number of rotatable bonds is 2. The van der Waals surface area contributed by atoms with Crippen LogP contribution in [0, 0.1) is 0 Å². The maximum Gasteiger partial charge on any atom is 0.0784 e. The first-order valence-corrected chi connectivity index (χ1v) is 7.96. The fraction of sp³-hybridized carbons (Fsp3) is 0.412. The number of halogens is 1. The number of fused-ring (bicyclic) bond motifs is 2. The molecule has 0 radical (unpaired) electrons. The average Bonchev–Trinajstić information content (AvgIpc) is 2.83. The van der Waals surface area contributed by atoms with Gasteiger partial charge in [0.2, 0.25) is 0 Å². The van der Waals surface area contributed by atoms with Gasteiger partial charge < -0.3 is 4.90 Å². The van der Waals surface area contributed by atoms with E-state index in [9.17, 15) is 0 Å². The van der Waals surface area contributed by atoms with Crippen molar-refractivity contribution in [3.63, 3.8) is 0 Å². The van der Waals surface area contributed by atoms with E-state index < -0.39 is 0 Å². The molecular formula is C17H18ClN3. The topological polar surface area (TPSA) is 29.0 Å². The minimum atomic E-state index is 0.168. The first kappa shape index (κ1) is 13.2. The zero-order chi connectivity index (χ0) is 14.3. The molecule has 0 amide bonds. The van der Waals surface area contributed by atoms with Gasteiger partial charge in [-0.15, -0.1) is 0 Å². The van der Waals surface area contributed by atoms with Crippen LogP contribution in [0.5, 0.6) is 0 Å². The molecule has 21 heavy (non-hydrogen) atoms. The molecule has 0 aliphatic carbocycles. The largest absolute Gasteiger partial charge is 0.302 e. The standard InChI is InChI=1S/C17H18ClN3/c18-15-5-2-1-4-13(15)14-6-9-19-20-16(14)17-7-3-10-21(12-17)11-8-17/h1-2,4-6,9H,3,7-8,10-12H2. The van der Waals surface area contributed by atoms with Crippen LogP contribution < -0.4 is 0 Å². The summed E-state index contributed by atoms with van der Waals surface area (Å²) in [7, 11) is 0. The molecule has 0 saturated carbocycles. The zero-order valence-corrected chi connectivity index (χ0v) is 12.7. The monoisotopic (exact) mass is 299 g/mol. The lowest BCUT2D eigenvalue weighted by Gasteiger charge is -2.34. The lowest BCUT2D eigenvalue weighted by atomic mass is 9.75. The minimum absolute atomic E-state index is 0.168. The van der Waals surface area contributed by atoms with E-state index in [-0.39, 0.29) is 5.41 Å². The van der Waals surface area contributed by atoms with Crippen LogP contribution in [0.25, 0.3) is 11.1 Å². The number of hydrogen-bond acceptors (Lipinski definition) is 3. The van der Waals surface area contributed by atoms with E-state index in [0.717, 1.165) is 28.4 Å². The summed E-state index contributed by atoms with van der Waals surface area (Å²) >= 11 is 6.41. The van der Waals surface area contributed by atoms with Crippen molar-refractivity contribution < 1.29 is 0 Å². The number of piperidine rings is 1. The van der Waals surface area contributed by atoms with Crippen molar-refractivity contribution >= 4 is 11.6 Å². The first-order valence-electron chi connectivity index (χ1n) is 7.58. The highest BCUT2D eigenvalue weighted by atomic mass is 35.5. The number of nitrogens with zero attached hydrogens (tertiary/aromatic N) is 3. The molecule has 4 heteroatoms. The Morgan fingerprint density at radius 2 is 1.95 bits per heavy atom. The number of hydrogen-bond donors (Lipinski definition) is 0. The molecule has 2 aliphatic rings. The molecule has 1 aromatic carbocycles. The number of benzene rings is 1. The van der Waals surface area contributed by atoms with Crippen molar-refractivity contribution in [1.29, 1.82) is 0 Å². The van der Waals surface area contributed by atoms with Crippen molar-refractivity contribution in [2.45, 2.75) is 24.7 Å². The third-order valence-electron chi connectivity index (χ3n) is 4.95. The molecule has 0 N–H and O–H groups in total. The SMILES string of the molecule is Clc1ccccc1-c1ccnnc1C12CCCN(CC1)C2. The lowest BCUT2D eigenvalue weighted by molar-refractivity contribution is 0.239. The minimum Gasteiger partial charge on any atom is -0.302 e. The van der Waals surface area contributed by atoms with Gasteiger partial charge in [-0.2, -0.15) is 10.2 Å². The Morgan fingerprint density at radius 1 is 1.05 bits per heavy atom. The molecule has 2 saturated heterocycles. The Balaban J connectivity index is 1.86. The van der Waals surface area contributed by atoms with E-state index in [1.54, 1.807) is 6.20 Å². The molecule has 2 aliphatic heterocycles. The molecule has 2 atom stereocenters. The second-order valence-electron chi connectivity index (χ2n) is 6.18. The molecule has 3 nitrogen and oxygen atoms in total. The van der Waals surface area contributed by atoms with Crippen LogP contribution in [0.3, 0.4) is 0 Å². The van der Waals surface area contributed by atoms with Gasteiger partial charge in [0.05, 0.1) is 11.9 Å². The van der Waals surface area contributed by atoms with Gasteiger partial charge in [-0.3, -0.25) is 0 Å². The van der Waals surface area contributed by atoms with Crippen molar-refractivity contribution in [1.82, 2.24) is 15.1 Å². The second-order valence-corrected chi connectivity index (χ2v) is 6.59. The Hall–Kier alpha value is -1.45. The van der Waals surface area contributed by atoms with Crippen molar-refractivity contribution in [3.8, 4) is 11.1 Å². The van der Waals surface area contributed by atoms with Crippen LogP contribution in [0.15, 0.2) is 36.5 Å². The Labute approximate surface area is 130 Å². The van der Waals surface area contributed by atoms with Crippen molar-refractivity contribution in [2.75, 3.05) is 19.6 Å². The highest BCUT2D eigenvalue weighted by Gasteiger charge is 2.44. The molecule has 2 bridgehead atoms. The Bertz CT molecular complexity index is 669. The van der Waals surface area contributed by atoms with Gasteiger partial charge in [0.15, 0.2) is 0 Å². The third-order valence-corrected chi connectivity index (χ3v) is 5.28. The third kappa shape index (κ3) is 2.16. The van der Waals surface area contributed by atoms with E-state index in [4.69, 9.17) is 11.6 Å². The van der Waals surface area contributed by atoms with E-state index in [1.165, 1.54) is 32.4 Å². The molecule has 4 rings (SSSR count). The maximum absolute atomic E-state index is 6.41. The summed E-state index contributed by atoms with van der Waals surface area (Å²) in [6.45, 7) is 3.52. The van der Waals surface area contributed by atoms with E-state index in [2.05, 4.69) is 27.2 Å². The Kier molecular flexibility index (Phi) is 3.20. The summed E-state index contributed by atoms with van der Waals surface area (Å²) in [6, 6.07) is 10.1. The van der Waals surface area contributed by atoms with E-state index in [1.807, 2.05) is 18.2 Å². The fourth-order valence-electron chi connectivity index (χ4n) is 3.93. The summed E-state index contributed by atoms with van der Waals surface area (Å²) in [5.41, 5.74) is 3.53. The predicted octanol–water partition coefficient (Wildman–Crippen LogP) is 3.53. The van der Waals surface area contributed by atoms with Gasteiger partial charge >= 0.3 is 0 Å². The molecule has 2 fully saturated rings. The van der Waals surface area contributed by atoms with Gasteiger partial charge in [-0.1, -0.05) is 29.8 Å². The summed E-state index contributed by atoms with van der Waals surface area (Å²) in [5, 5.41) is 9.52. The molecule has 2 unspecified atom stereocenters. The molecule has 1 aromatic heterocycles. The summed E-state index contributed by atoms with van der Waals surface area (Å²) < 4.78 is 0. The van der Waals surface area contributed by atoms with Gasteiger partial charge in [-0.25, -0.2) is 0 Å². The fourth-order valence-corrected chi connectivity index (χ4v) is 4.16. The van der Waals surface area contributed by atoms with Crippen LogP contribution in [-0.4, -0.2) is 34.7 Å². The maximum atomic E-state index is 6.41. The van der Waals surface area contributed by atoms with E-state index in [0.29, 0.717) is 0 Å². The zero-order valence-electron chi connectivity index (χ0n) is 11.9. The van der Waals surface area contributed by atoms with Crippen LogP contribution in [0.2, 0.25) is 5.02 Å². The van der Waals surface area contributed by atoms with Gasteiger partial charge in [0.25, 0.3) is 0 Å². The van der Waals surface area contributed by atoms with Crippen LogP contribution >= 0.6 is 11.6 Å². The normalized spacial score (nSPS) is 27.8. The summed E-state index contributed by atoms with van der Waals surface area (Å²) in [6.07, 6.45) is 5.41. The molecule has 0 spiro atoms. The lowest BCUT2D eigenvalue weighted by Crippen LogP contribution is -2.38. The van der Waals surface area contributed by atoms with Crippen molar-refractivity contribution in [3.05, 3.63) is 47.2 Å². The van der Waals surface area contributed by atoms with Crippen LogP contribution in [0.4, 0.5) is 0 Å². The van der Waals surface area contributed by atoms with Gasteiger partial charge in [0, 0.05) is 28.1 Å². The van der Waals surface area contributed by atoms with Crippen LogP contribution in [-0.2, 0) is 5.41 Å². The van der Waals surface area contributed by atoms with Crippen molar-refractivity contribution in [2.24, 2.45) is 0 Å². The summed E-state index contributed by atoms with van der Waals surface area (Å²) in [4.78, 5) is 2.55. The highest BCUT2D eigenvalue weighted by molar-refractivity contribution is 6.33. The molecular weight excluding hydrogens is 282 g/mol. The molecule has 2 aromatic rings. The summed E-state index contributed by atoms with van der Waals surface area (Å²) in [5.74, 6) is 0.